The Morgan fingerprint density at radius 2 is 1.95 bits per heavy atom. The van der Waals surface area contributed by atoms with E-state index in [4.69, 9.17) is 9.47 Å². The highest BCUT2D eigenvalue weighted by atomic mass is 16.5. The van der Waals surface area contributed by atoms with Gasteiger partial charge in [0, 0.05) is 23.6 Å². The second kappa shape index (κ2) is 5.06. The summed E-state index contributed by atoms with van der Waals surface area (Å²) in [6, 6.07) is 7.68. The van der Waals surface area contributed by atoms with Gasteiger partial charge in [-0.25, -0.2) is 0 Å². The Morgan fingerprint density at radius 1 is 1.19 bits per heavy atom. The molecule has 1 aromatic carbocycles. The van der Waals surface area contributed by atoms with Gasteiger partial charge in [0.05, 0.1) is 6.26 Å². The monoisotopic (exact) mass is 285 g/mol. The Morgan fingerprint density at radius 3 is 2.71 bits per heavy atom. The van der Waals surface area contributed by atoms with Crippen LogP contribution in [0.2, 0.25) is 0 Å². The van der Waals surface area contributed by atoms with Gasteiger partial charge in [-0.2, -0.15) is 0 Å². The maximum Gasteiger partial charge on any atom is 0.130 e. The molecule has 3 heteroatoms. The molecule has 3 aliphatic rings. The van der Waals surface area contributed by atoms with Crippen molar-refractivity contribution in [1.82, 2.24) is 4.90 Å². The summed E-state index contributed by atoms with van der Waals surface area (Å²) in [5.74, 6) is 2.35. The van der Waals surface area contributed by atoms with Crippen molar-refractivity contribution in [2.45, 2.75) is 56.7 Å². The van der Waals surface area contributed by atoms with Gasteiger partial charge in [0.2, 0.25) is 0 Å². The van der Waals surface area contributed by atoms with Gasteiger partial charge in [-0.05, 0) is 57.0 Å². The molecule has 0 aliphatic carbocycles. The minimum absolute atomic E-state index is 0.368. The molecule has 21 heavy (non-hydrogen) atoms. The summed E-state index contributed by atoms with van der Waals surface area (Å²) < 4.78 is 11.8. The lowest BCUT2D eigenvalue weighted by atomic mass is 9.98. The highest BCUT2D eigenvalue weighted by molar-refractivity contribution is 5.45. The maximum absolute atomic E-state index is 6.29. The van der Waals surface area contributed by atoms with Gasteiger partial charge in [-0.3, -0.25) is 0 Å². The van der Waals surface area contributed by atoms with Crippen molar-refractivity contribution in [3.05, 3.63) is 36.1 Å². The van der Waals surface area contributed by atoms with Crippen LogP contribution < -0.4 is 9.47 Å². The minimum atomic E-state index is 0.368. The SMILES string of the molecule is CC1C=COc2ccc(OC3CC4CCC(C3)N4C)cc21. The van der Waals surface area contributed by atoms with E-state index in [9.17, 15) is 0 Å². The number of rotatable bonds is 2. The smallest absolute Gasteiger partial charge is 0.130 e. The molecule has 2 bridgehead atoms. The van der Waals surface area contributed by atoms with Crippen molar-refractivity contribution in [3.8, 4) is 11.5 Å². The number of ether oxygens (including phenoxy) is 2. The van der Waals surface area contributed by atoms with Gasteiger partial charge in [-0.1, -0.05) is 6.92 Å². The van der Waals surface area contributed by atoms with Crippen molar-refractivity contribution in [3.63, 3.8) is 0 Å². The van der Waals surface area contributed by atoms with Crippen LogP contribution in [0.25, 0.3) is 0 Å². The van der Waals surface area contributed by atoms with E-state index in [1.807, 2.05) is 12.1 Å². The number of piperidine rings is 1. The molecule has 0 amide bonds. The Bertz CT molecular complexity index is 554. The fourth-order valence-corrected chi connectivity index (χ4v) is 4.05. The molecule has 0 spiro atoms. The molecule has 0 radical (unpaired) electrons. The fourth-order valence-electron chi connectivity index (χ4n) is 4.05. The average molecular weight is 285 g/mol. The zero-order valence-electron chi connectivity index (χ0n) is 12.8. The Labute approximate surface area is 126 Å². The summed E-state index contributed by atoms with van der Waals surface area (Å²) in [5.41, 5.74) is 1.23. The normalized spacial score (nSPS) is 34.4. The lowest BCUT2D eigenvalue weighted by Crippen LogP contribution is -2.43. The third-order valence-electron chi connectivity index (χ3n) is 5.39. The molecule has 3 atom stereocenters. The number of hydrogen-bond donors (Lipinski definition) is 0. The van der Waals surface area contributed by atoms with E-state index >= 15 is 0 Å². The molecule has 2 fully saturated rings. The standard InChI is InChI=1S/C18H23NO2/c1-12-7-8-20-18-6-5-15(11-17(12)18)21-16-9-13-3-4-14(10-16)19(13)2/h5-8,11-14,16H,3-4,9-10H2,1-2H3. The van der Waals surface area contributed by atoms with Gasteiger partial charge < -0.3 is 14.4 Å². The molecule has 3 unspecified atom stereocenters. The molecule has 3 aliphatic heterocycles. The van der Waals surface area contributed by atoms with Crippen molar-refractivity contribution in [1.29, 1.82) is 0 Å². The van der Waals surface area contributed by atoms with Gasteiger partial charge >= 0.3 is 0 Å². The molecule has 3 nitrogen and oxygen atoms in total. The highest BCUT2D eigenvalue weighted by Crippen LogP contribution is 2.38. The van der Waals surface area contributed by atoms with Gasteiger partial charge in [0.1, 0.15) is 17.6 Å². The van der Waals surface area contributed by atoms with Crippen molar-refractivity contribution >= 4 is 0 Å². The Balaban J connectivity index is 1.50. The van der Waals surface area contributed by atoms with Crippen LogP contribution in [0.3, 0.4) is 0 Å². The maximum atomic E-state index is 6.29. The van der Waals surface area contributed by atoms with Gasteiger partial charge in [0.25, 0.3) is 0 Å². The van der Waals surface area contributed by atoms with E-state index in [0.717, 1.165) is 36.4 Å². The van der Waals surface area contributed by atoms with Crippen LogP contribution in [-0.4, -0.2) is 30.1 Å². The van der Waals surface area contributed by atoms with Crippen LogP contribution in [-0.2, 0) is 0 Å². The summed E-state index contributed by atoms with van der Waals surface area (Å²) in [7, 11) is 2.27. The van der Waals surface area contributed by atoms with E-state index in [0.29, 0.717) is 12.0 Å². The van der Waals surface area contributed by atoms with Gasteiger partial charge in [0.15, 0.2) is 0 Å². The third kappa shape index (κ3) is 2.34. The summed E-state index contributed by atoms with van der Waals surface area (Å²) in [4.78, 5) is 2.55. The van der Waals surface area contributed by atoms with Crippen LogP contribution in [0.1, 0.15) is 44.1 Å². The molecule has 0 saturated carbocycles. The van der Waals surface area contributed by atoms with Gasteiger partial charge in [-0.15, -0.1) is 0 Å². The molecular weight excluding hydrogens is 262 g/mol. The number of fused-ring (bicyclic) bond motifs is 3. The molecule has 0 N–H and O–H groups in total. The molecule has 1 aromatic rings. The minimum Gasteiger partial charge on any atom is -0.490 e. The molecule has 0 aromatic heterocycles. The highest BCUT2D eigenvalue weighted by Gasteiger charge is 2.39. The largest absolute Gasteiger partial charge is 0.490 e. The van der Waals surface area contributed by atoms with E-state index in [1.54, 1.807) is 6.26 Å². The summed E-state index contributed by atoms with van der Waals surface area (Å²) in [5, 5.41) is 0. The van der Waals surface area contributed by atoms with Crippen molar-refractivity contribution < 1.29 is 9.47 Å². The van der Waals surface area contributed by atoms with Crippen LogP contribution in [0.15, 0.2) is 30.5 Å². The zero-order valence-corrected chi connectivity index (χ0v) is 12.8. The molecule has 112 valence electrons. The molecule has 4 rings (SSSR count). The van der Waals surface area contributed by atoms with E-state index in [-0.39, 0.29) is 0 Å². The van der Waals surface area contributed by atoms with Crippen LogP contribution >= 0.6 is 0 Å². The van der Waals surface area contributed by atoms with Crippen molar-refractivity contribution in [2.24, 2.45) is 0 Å². The van der Waals surface area contributed by atoms with Crippen LogP contribution in [0.4, 0.5) is 0 Å². The summed E-state index contributed by atoms with van der Waals surface area (Å²) in [6.45, 7) is 2.19. The average Bonchev–Trinajstić information content (AvgIpc) is 2.71. The lowest BCUT2D eigenvalue weighted by molar-refractivity contribution is 0.0661. The topological polar surface area (TPSA) is 21.7 Å². The lowest BCUT2D eigenvalue weighted by Gasteiger charge is -2.36. The molecule has 3 heterocycles. The van der Waals surface area contributed by atoms with Crippen LogP contribution in [0.5, 0.6) is 11.5 Å². The summed E-state index contributed by atoms with van der Waals surface area (Å²) >= 11 is 0. The molecule has 2 saturated heterocycles. The molecular formula is C18H23NO2. The van der Waals surface area contributed by atoms with Crippen molar-refractivity contribution in [2.75, 3.05) is 7.05 Å². The quantitative estimate of drug-likeness (QED) is 0.827. The Hall–Kier alpha value is -1.48. The van der Waals surface area contributed by atoms with E-state index in [2.05, 4.69) is 31.0 Å². The third-order valence-corrected chi connectivity index (χ3v) is 5.39. The second-order valence-corrected chi connectivity index (χ2v) is 6.70. The van der Waals surface area contributed by atoms with E-state index in [1.165, 1.54) is 18.4 Å². The predicted octanol–water partition coefficient (Wildman–Crippen LogP) is 3.70. The predicted molar refractivity (Wildman–Crippen MR) is 82.8 cm³/mol. The fraction of sp³-hybridized carbons (Fsp3) is 0.556. The number of allylic oxidation sites excluding steroid dienone is 1. The first-order valence-electron chi connectivity index (χ1n) is 8.06. The first kappa shape index (κ1) is 13.2. The first-order valence-corrected chi connectivity index (χ1v) is 8.06. The number of hydrogen-bond acceptors (Lipinski definition) is 3. The number of benzene rings is 1. The Kier molecular flexibility index (Phi) is 3.18. The summed E-state index contributed by atoms with van der Waals surface area (Å²) in [6.07, 6.45) is 9.23. The zero-order chi connectivity index (χ0) is 14.4. The first-order chi connectivity index (χ1) is 10.2. The van der Waals surface area contributed by atoms with Crippen LogP contribution in [0, 0.1) is 0 Å². The second-order valence-electron chi connectivity index (χ2n) is 6.70. The number of nitrogens with zero attached hydrogens (tertiary/aromatic N) is 1. The van der Waals surface area contributed by atoms with E-state index < -0.39 is 0 Å².